The van der Waals surface area contributed by atoms with Gasteiger partial charge in [-0.05, 0) is 24.3 Å². The van der Waals surface area contributed by atoms with Crippen molar-refractivity contribution in [1.82, 2.24) is 4.98 Å². The molecule has 3 atom stereocenters. The first-order valence-corrected chi connectivity index (χ1v) is 7.12. The molecule has 1 aliphatic carbocycles. The molecule has 2 rings (SSSR count). The summed E-state index contributed by atoms with van der Waals surface area (Å²) in [5.74, 6) is 2.12. The number of anilines is 2. The summed E-state index contributed by atoms with van der Waals surface area (Å²) in [4.78, 5) is 15.0. The zero-order valence-corrected chi connectivity index (χ0v) is 12.2. The summed E-state index contributed by atoms with van der Waals surface area (Å²) in [5.41, 5.74) is 0.0365. The predicted molar refractivity (Wildman–Crippen MR) is 80.0 cm³/mol. The normalized spacial score (nSPS) is 26.1. The van der Waals surface area contributed by atoms with Crippen molar-refractivity contribution in [3.63, 3.8) is 0 Å². The zero-order valence-electron chi connectivity index (χ0n) is 12.2. The second-order valence-electron chi connectivity index (χ2n) is 5.59. The lowest BCUT2D eigenvalue weighted by atomic mass is 9.78. The van der Waals surface area contributed by atoms with E-state index >= 15 is 0 Å². The molecule has 2 N–H and O–H groups in total. The van der Waals surface area contributed by atoms with E-state index in [2.05, 4.69) is 29.5 Å². The van der Waals surface area contributed by atoms with Crippen LogP contribution in [0, 0.1) is 22.0 Å². The predicted octanol–water partition coefficient (Wildman–Crippen LogP) is 3.27. The van der Waals surface area contributed by atoms with Crippen molar-refractivity contribution >= 4 is 17.3 Å². The topological polar surface area (TPSA) is 80.1 Å². The molecule has 1 aromatic rings. The van der Waals surface area contributed by atoms with Gasteiger partial charge in [0.15, 0.2) is 0 Å². The minimum atomic E-state index is -0.383. The van der Waals surface area contributed by atoms with E-state index in [4.69, 9.17) is 0 Å². The Balaban J connectivity index is 2.24. The van der Waals surface area contributed by atoms with E-state index in [0.29, 0.717) is 23.5 Å². The number of pyridine rings is 1. The Hall–Kier alpha value is -1.85. The molecule has 0 spiro atoms. The number of nitrogens with one attached hydrogen (secondary N) is 2. The van der Waals surface area contributed by atoms with Crippen molar-refractivity contribution in [3.8, 4) is 0 Å². The monoisotopic (exact) mass is 278 g/mol. The molecule has 3 unspecified atom stereocenters. The molecule has 0 radical (unpaired) electrons. The average Bonchev–Trinajstić information content (AvgIpc) is 2.43. The van der Waals surface area contributed by atoms with Crippen LogP contribution in [0.25, 0.3) is 0 Å². The van der Waals surface area contributed by atoms with Crippen molar-refractivity contribution in [1.29, 1.82) is 0 Å². The number of nitrogens with zero attached hydrogens (tertiary/aromatic N) is 2. The van der Waals surface area contributed by atoms with Crippen LogP contribution in [0.5, 0.6) is 0 Å². The molecule has 20 heavy (non-hydrogen) atoms. The van der Waals surface area contributed by atoms with Crippen molar-refractivity contribution < 1.29 is 4.92 Å². The van der Waals surface area contributed by atoms with Gasteiger partial charge in [0.05, 0.1) is 4.92 Å². The van der Waals surface area contributed by atoms with Gasteiger partial charge in [-0.25, -0.2) is 4.98 Å². The van der Waals surface area contributed by atoms with Crippen molar-refractivity contribution in [3.05, 3.63) is 22.2 Å². The molecule has 1 saturated carbocycles. The molecule has 6 heteroatoms. The SMILES string of the molecule is CNc1ccc([N+](=O)[O-])c(NC2CCCC(C)C2C)n1. The molecule has 1 fully saturated rings. The standard InChI is InChI=1S/C14H22N4O2/c1-9-5-4-6-11(10(9)2)16-14-12(18(19)20)7-8-13(15-3)17-14/h7-11H,4-6H2,1-3H3,(H2,15,16,17). The highest BCUT2D eigenvalue weighted by atomic mass is 16.6. The van der Waals surface area contributed by atoms with Crippen LogP contribution in [0.3, 0.4) is 0 Å². The summed E-state index contributed by atoms with van der Waals surface area (Å²) in [7, 11) is 1.75. The van der Waals surface area contributed by atoms with Crippen LogP contribution in [0.15, 0.2) is 12.1 Å². The molecule has 0 amide bonds. The second-order valence-corrected chi connectivity index (χ2v) is 5.59. The maximum absolute atomic E-state index is 11.1. The van der Waals surface area contributed by atoms with Crippen LogP contribution in [0.1, 0.15) is 33.1 Å². The minimum Gasteiger partial charge on any atom is -0.373 e. The van der Waals surface area contributed by atoms with Gasteiger partial charge in [-0.2, -0.15) is 0 Å². The molecule has 1 aliphatic rings. The van der Waals surface area contributed by atoms with E-state index in [-0.39, 0.29) is 16.7 Å². The lowest BCUT2D eigenvalue weighted by molar-refractivity contribution is -0.384. The van der Waals surface area contributed by atoms with Crippen LogP contribution >= 0.6 is 0 Å². The van der Waals surface area contributed by atoms with Gasteiger partial charge >= 0.3 is 5.69 Å². The van der Waals surface area contributed by atoms with E-state index in [1.807, 2.05) is 0 Å². The Morgan fingerprint density at radius 2 is 2.10 bits per heavy atom. The largest absolute Gasteiger partial charge is 0.373 e. The highest BCUT2D eigenvalue weighted by Gasteiger charge is 2.29. The summed E-state index contributed by atoms with van der Waals surface area (Å²) in [6.45, 7) is 4.44. The fourth-order valence-corrected chi connectivity index (χ4v) is 2.81. The van der Waals surface area contributed by atoms with Crippen LogP contribution in [0.4, 0.5) is 17.3 Å². The first-order valence-electron chi connectivity index (χ1n) is 7.12. The molecule has 1 aromatic heterocycles. The Kier molecular flexibility index (Phi) is 4.42. The third-order valence-electron chi connectivity index (χ3n) is 4.36. The molecule has 0 bridgehead atoms. The summed E-state index contributed by atoms with van der Waals surface area (Å²) < 4.78 is 0. The van der Waals surface area contributed by atoms with Crippen LogP contribution in [-0.2, 0) is 0 Å². The van der Waals surface area contributed by atoms with E-state index in [1.54, 1.807) is 13.1 Å². The Bertz CT molecular complexity index is 492. The van der Waals surface area contributed by atoms with Gasteiger partial charge in [0, 0.05) is 19.2 Å². The third-order valence-corrected chi connectivity index (χ3v) is 4.36. The highest BCUT2D eigenvalue weighted by molar-refractivity contribution is 5.60. The van der Waals surface area contributed by atoms with E-state index in [9.17, 15) is 10.1 Å². The minimum absolute atomic E-state index is 0.0365. The fraction of sp³-hybridized carbons (Fsp3) is 0.643. The number of hydrogen-bond acceptors (Lipinski definition) is 5. The number of aromatic nitrogens is 1. The Labute approximate surface area is 119 Å². The fourth-order valence-electron chi connectivity index (χ4n) is 2.81. The molecule has 1 heterocycles. The lowest BCUT2D eigenvalue weighted by Crippen LogP contribution is -2.35. The summed E-state index contributed by atoms with van der Waals surface area (Å²) >= 11 is 0. The van der Waals surface area contributed by atoms with Gasteiger partial charge in [0.2, 0.25) is 5.82 Å². The molecule has 6 nitrogen and oxygen atoms in total. The Morgan fingerprint density at radius 1 is 1.35 bits per heavy atom. The smallest absolute Gasteiger partial charge is 0.311 e. The van der Waals surface area contributed by atoms with Gasteiger partial charge in [0.1, 0.15) is 5.82 Å². The Morgan fingerprint density at radius 3 is 2.75 bits per heavy atom. The molecule has 0 aliphatic heterocycles. The number of rotatable bonds is 4. The van der Waals surface area contributed by atoms with Gasteiger partial charge in [-0.3, -0.25) is 10.1 Å². The van der Waals surface area contributed by atoms with E-state index < -0.39 is 0 Å². The molecule has 0 saturated heterocycles. The molecular weight excluding hydrogens is 256 g/mol. The average molecular weight is 278 g/mol. The second kappa shape index (κ2) is 6.07. The van der Waals surface area contributed by atoms with Crippen molar-refractivity contribution in [2.45, 2.75) is 39.2 Å². The number of hydrogen-bond donors (Lipinski definition) is 2. The van der Waals surface area contributed by atoms with Gasteiger partial charge in [-0.1, -0.05) is 26.7 Å². The molecular formula is C14H22N4O2. The van der Waals surface area contributed by atoms with Gasteiger partial charge < -0.3 is 10.6 Å². The molecule has 110 valence electrons. The zero-order chi connectivity index (χ0) is 14.7. The highest BCUT2D eigenvalue weighted by Crippen LogP contribution is 2.33. The van der Waals surface area contributed by atoms with Crippen LogP contribution in [0.2, 0.25) is 0 Å². The first kappa shape index (κ1) is 14.6. The van der Waals surface area contributed by atoms with Gasteiger partial charge in [0.25, 0.3) is 0 Å². The number of nitro groups is 1. The first-order chi connectivity index (χ1) is 9.52. The summed E-state index contributed by atoms with van der Waals surface area (Å²) in [6, 6.07) is 3.37. The van der Waals surface area contributed by atoms with Crippen LogP contribution < -0.4 is 10.6 Å². The quantitative estimate of drug-likeness (QED) is 0.652. The summed E-state index contributed by atoms with van der Waals surface area (Å²) in [6.07, 6.45) is 3.42. The maximum Gasteiger partial charge on any atom is 0.311 e. The van der Waals surface area contributed by atoms with Crippen LogP contribution in [-0.4, -0.2) is 23.0 Å². The van der Waals surface area contributed by atoms with E-state index in [1.165, 1.54) is 12.5 Å². The maximum atomic E-state index is 11.1. The lowest BCUT2D eigenvalue weighted by Gasteiger charge is -2.34. The van der Waals surface area contributed by atoms with Gasteiger partial charge in [-0.15, -0.1) is 0 Å². The van der Waals surface area contributed by atoms with E-state index in [0.717, 1.165) is 12.8 Å². The third kappa shape index (κ3) is 3.00. The molecule has 0 aromatic carbocycles. The van der Waals surface area contributed by atoms with Crippen molar-refractivity contribution in [2.75, 3.05) is 17.7 Å². The summed E-state index contributed by atoms with van der Waals surface area (Å²) in [5, 5.41) is 17.3. The van der Waals surface area contributed by atoms with Crippen molar-refractivity contribution in [2.24, 2.45) is 11.8 Å².